The van der Waals surface area contributed by atoms with E-state index in [0.717, 1.165) is 16.9 Å². The second-order valence-corrected chi connectivity index (χ2v) is 6.43. The molecule has 0 fully saturated rings. The van der Waals surface area contributed by atoms with Crippen molar-refractivity contribution in [2.75, 3.05) is 10.6 Å². The zero-order valence-corrected chi connectivity index (χ0v) is 15.9. The SMILES string of the molecule is C=CC(=O)Nc1cccc(Nc2cc(-n3ccnc3-c3ccc(F)cc3)ccn2)c1. The monoisotopic (exact) mass is 399 g/mol. The predicted octanol–water partition coefficient (Wildman–Crippen LogP) is 4.94. The molecule has 0 saturated heterocycles. The van der Waals surface area contributed by atoms with Crippen LogP contribution in [0.3, 0.4) is 0 Å². The number of imidazole rings is 1. The van der Waals surface area contributed by atoms with Gasteiger partial charge in [-0.2, -0.15) is 0 Å². The van der Waals surface area contributed by atoms with Gasteiger partial charge in [0.1, 0.15) is 17.5 Å². The molecular formula is C23H18FN5O. The molecule has 2 aromatic carbocycles. The van der Waals surface area contributed by atoms with E-state index in [-0.39, 0.29) is 11.7 Å². The van der Waals surface area contributed by atoms with E-state index in [1.165, 1.54) is 18.2 Å². The third-order valence-electron chi connectivity index (χ3n) is 4.35. The highest BCUT2D eigenvalue weighted by molar-refractivity contribution is 5.99. The van der Waals surface area contributed by atoms with Crippen LogP contribution in [-0.4, -0.2) is 20.4 Å². The molecular weight excluding hydrogens is 381 g/mol. The van der Waals surface area contributed by atoms with E-state index in [2.05, 4.69) is 27.2 Å². The molecule has 0 radical (unpaired) electrons. The summed E-state index contributed by atoms with van der Waals surface area (Å²) in [5, 5.41) is 5.96. The van der Waals surface area contributed by atoms with E-state index in [1.54, 1.807) is 36.7 Å². The van der Waals surface area contributed by atoms with Gasteiger partial charge in [0.05, 0.1) is 5.69 Å². The summed E-state index contributed by atoms with van der Waals surface area (Å²) in [7, 11) is 0. The number of anilines is 3. The quantitative estimate of drug-likeness (QED) is 0.451. The Balaban J connectivity index is 1.60. The number of rotatable bonds is 6. The highest BCUT2D eigenvalue weighted by atomic mass is 19.1. The van der Waals surface area contributed by atoms with Crippen molar-refractivity contribution >= 4 is 23.1 Å². The van der Waals surface area contributed by atoms with Crippen LogP contribution in [0.2, 0.25) is 0 Å². The fourth-order valence-corrected chi connectivity index (χ4v) is 2.98. The van der Waals surface area contributed by atoms with Gasteiger partial charge in [-0.3, -0.25) is 9.36 Å². The smallest absolute Gasteiger partial charge is 0.247 e. The molecule has 4 rings (SSSR count). The maximum absolute atomic E-state index is 13.3. The number of benzene rings is 2. The number of amides is 1. The molecule has 0 saturated carbocycles. The number of carbonyl (C=O) groups excluding carboxylic acids is 1. The molecule has 0 bridgehead atoms. The van der Waals surface area contributed by atoms with Crippen molar-refractivity contribution < 1.29 is 9.18 Å². The first kappa shape index (κ1) is 19.1. The molecule has 4 aromatic rings. The van der Waals surface area contributed by atoms with Crippen molar-refractivity contribution in [1.82, 2.24) is 14.5 Å². The molecule has 0 aliphatic rings. The van der Waals surface area contributed by atoms with E-state index in [0.29, 0.717) is 17.3 Å². The number of pyridine rings is 1. The summed E-state index contributed by atoms with van der Waals surface area (Å²) in [6.45, 7) is 3.45. The summed E-state index contributed by atoms with van der Waals surface area (Å²) in [6, 6.07) is 17.2. The Bertz CT molecular complexity index is 1200. The van der Waals surface area contributed by atoms with Gasteiger partial charge in [-0.15, -0.1) is 0 Å². The normalized spacial score (nSPS) is 10.4. The Morgan fingerprint density at radius 1 is 1.00 bits per heavy atom. The summed E-state index contributed by atoms with van der Waals surface area (Å²) in [5.41, 5.74) is 3.07. The average molecular weight is 399 g/mol. The first-order valence-electron chi connectivity index (χ1n) is 9.18. The van der Waals surface area contributed by atoms with E-state index in [4.69, 9.17) is 0 Å². The first-order chi connectivity index (χ1) is 14.6. The highest BCUT2D eigenvalue weighted by Crippen LogP contribution is 2.24. The lowest BCUT2D eigenvalue weighted by atomic mass is 10.2. The Morgan fingerprint density at radius 2 is 1.80 bits per heavy atom. The van der Waals surface area contributed by atoms with Gasteiger partial charge in [0.2, 0.25) is 5.91 Å². The zero-order chi connectivity index (χ0) is 20.9. The fraction of sp³-hybridized carbons (Fsp3) is 0. The molecule has 148 valence electrons. The predicted molar refractivity (Wildman–Crippen MR) is 115 cm³/mol. The van der Waals surface area contributed by atoms with E-state index in [9.17, 15) is 9.18 Å². The van der Waals surface area contributed by atoms with Crippen molar-refractivity contribution in [1.29, 1.82) is 0 Å². The number of aromatic nitrogens is 3. The number of nitrogens with one attached hydrogen (secondary N) is 2. The summed E-state index contributed by atoms with van der Waals surface area (Å²) >= 11 is 0. The molecule has 1 amide bonds. The van der Waals surface area contributed by atoms with Gasteiger partial charge >= 0.3 is 0 Å². The van der Waals surface area contributed by atoms with Gasteiger partial charge in [0, 0.05) is 41.6 Å². The Morgan fingerprint density at radius 3 is 2.60 bits per heavy atom. The molecule has 0 unspecified atom stereocenters. The van der Waals surface area contributed by atoms with Crippen LogP contribution in [-0.2, 0) is 4.79 Å². The van der Waals surface area contributed by atoms with E-state index in [1.807, 2.05) is 35.0 Å². The molecule has 2 aromatic heterocycles. The molecule has 0 aliphatic carbocycles. The van der Waals surface area contributed by atoms with Crippen LogP contribution < -0.4 is 10.6 Å². The molecule has 2 N–H and O–H groups in total. The van der Waals surface area contributed by atoms with Crippen LogP contribution in [0.1, 0.15) is 0 Å². The van der Waals surface area contributed by atoms with Gasteiger partial charge in [0.25, 0.3) is 0 Å². The van der Waals surface area contributed by atoms with Crippen LogP contribution in [0.15, 0.2) is 91.9 Å². The van der Waals surface area contributed by atoms with Crippen molar-refractivity contribution in [2.24, 2.45) is 0 Å². The van der Waals surface area contributed by atoms with Gasteiger partial charge in [0.15, 0.2) is 0 Å². The minimum Gasteiger partial charge on any atom is -0.340 e. The van der Waals surface area contributed by atoms with Gasteiger partial charge in [-0.05, 0) is 54.6 Å². The molecule has 30 heavy (non-hydrogen) atoms. The maximum atomic E-state index is 13.3. The lowest BCUT2D eigenvalue weighted by Crippen LogP contribution is -2.07. The van der Waals surface area contributed by atoms with Crippen molar-refractivity contribution in [2.45, 2.75) is 0 Å². The number of carbonyl (C=O) groups is 1. The molecule has 6 nitrogen and oxygen atoms in total. The third-order valence-corrected chi connectivity index (χ3v) is 4.35. The Hall–Kier alpha value is -4.26. The second-order valence-electron chi connectivity index (χ2n) is 6.43. The molecule has 7 heteroatoms. The summed E-state index contributed by atoms with van der Waals surface area (Å²) in [4.78, 5) is 20.3. The van der Waals surface area contributed by atoms with Crippen LogP contribution in [0.4, 0.5) is 21.6 Å². The summed E-state index contributed by atoms with van der Waals surface area (Å²) < 4.78 is 15.2. The van der Waals surface area contributed by atoms with Gasteiger partial charge < -0.3 is 10.6 Å². The van der Waals surface area contributed by atoms with Crippen molar-refractivity contribution in [3.63, 3.8) is 0 Å². The number of hydrogen-bond acceptors (Lipinski definition) is 4. The molecule has 2 heterocycles. The maximum Gasteiger partial charge on any atom is 0.247 e. The standard InChI is InChI=1S/C23H18FN5O/c1-2-22(30)28-19-5-3-4-18(14-19)27-21-15-20(10-11-25-21)29-13-12-26-23(29)16-6-8-17(24)9-7-16/h2-15H,1H2,(H,25,27)(H,28,30). The average Bonchev–Trinajstić information content (AvgIpc) is 3.24. The molecule has 0 atom stereocenters. The Kier molecular flexibility index (Phi) is 5.34. The van der Waals surface area contributed by atoms with Gasteiger partial charge in [-0.1, -0.05) is 12.6 Å². The highest BCUT2D eigenvalue weighted by Gasteiger charge is 2.09. The minimum atomic E-state index is -0.293. The number of hydrogen-bond donors (Lipinski definition) is 2. The Labute approximate surface area is 172 Å². The topological polar surface area (TPSA) is 71.8 Å². The largest absolute Gasteiger partial charge is 0.340 e. The second kappa shape index (κ2) is 8.40. The van der Waals surface area contributed by atoms with Crippen LogP contribution in [0.5, 0.6) is 0 Å². The lowest BCUT2D eigenvalue weighted by Gasteiger charge is -2.11. The molecule has 0 spiro atoms. The third kappa shape index (κ3) is 4.25. The molecule has 0 aliphatic heterocycles. The fourth-order valence-electron chi connectivity index (χ4n) is 2.98. The van der Waals surface area contributed by atoms with Crippen LogP contribution in [0, 0.1) is 5.82 Å². The van der Waals surface area contributed by atoms with Crippen molar-refractivity contribution in [3.05, 3.63) is 97.7 Å². The number of nitrogens with zero attached hydrogens (tertiary/aromatic N) is 3. The zero-order valence-electron chi connectivity index (χ0n) is 15.9. The first-order valence-corrected chi connectivity index (χ1v) is 9.18. The number of halogens is 1. The van der Waals surface area contributed by atoms with Gasteiger partial charge in [-0.25, -0.2) is 14.4 Å². The summed E-state index contributed by atoms with van der Waals surface area (Å²) in [6.07, 6.45) is 6.44. The van der Waals surface area contributed by atoms with Crippen LogP contribution >= 0.6 is 0 Å². The summed E-state index contributed by atoms with van der Waals surface area (Å²) in [5.74, 6) is 0.749. The lowest BCUT2D eigenvalue weighted by molar-refractivity contribution is -0.111. The van der Waals surface area contributed by atoms with Crippen LogP contribution in [0.25, 0.3) is 17.1 Å². The van der Waals surface area contributed by atoms with E-state index < -0.39 is 0 Å². The minimum absolute atomic E-state index is 0.277. The van der Waals surface area contributed by atoms with E-state index >= 15 is 0 Å². The van der Waals surface area contributed by atoms with Crippen molar-refractivity contribution in [3.8, 4) is 17.1 Å².